The number of hydrogen-bond acceptors (Lipinski definition) is 3. The topological polar surface area (TPSA) is 50.4 Å². The number of hydrogen-bond donors (Lipinski definition) is 2. The maximum Gasteiger partial charge on any atom is 0.244 e. The molecule has 1 aliphatic rings. The minimum absolute atomic E-state index is 0.171. The summed E-state index contributed by atoms with van der Waals surface area (Å²) in [6, 6.07) is 9.67. The van der Waals surface area contributed by atoms with E-state index < -0.39 is 5.82 Å². The molecule has 1 atom stereocenters. The molecule has 0 aromatic heterocycles. The van der Waals surface area contributed by atoms with E-state index in [1.165, 1.54) is 24.3 Å². The summed E-state index contributed by atoms with van der Waals surface area (Å²) in [5.41, 5.74) is 2.48. The fourth-order valence-electron chi connectivity index (χ4n) is 2.57. The van der Waals surface area contributed by atoms with Crippen molar-refractivity contribution in [3.05, 3.63) is 64.4 Å². The van der Waals surface area contributed by atoms with Gasteiger partial charge in [0.2, 0.25) is 5.91 Å². The highest BCUT2D eigenvalue weighted by molar-refractivity contribution is 6.32. The van der Waals surface area contributed by atoms with Crippen molar-refractivity contribution in [3.8, 4) is 5.75 Å². The van der Waals surface area contributed by atoms with E-state index in [0.29, 0.717) is 12.2 Å². The van der Waals surface area contributed by atoms with Gasteiger partial charge >= 0.3 is 0 Å². The lowest BCUT2D eigenvalue weighted by atomic mass is 10.1. The zero-order valence-electron chi connectivity index (χ0n) is 13.7. The van der Waals surface area contributed by atoms with Crippen molar-refractivity contribution < 1.29 is 13.9 Å². The number of anilines is 1. The van der Waals surface area contributed by atoms with Crippen molar-refractivity contribution in [2.75, 3.05) is 18.5 Å². The molecule has 2 N–H and O–H groups in total. The highest BCUT2D eigenvalue weighted by Crippen LogP contribution is 2.30. The molecule has 0 radical (unpaired) electrons. The number of benzene rings is 2. The standard InChI is InChI=1S/C19H18ClFN2O2/c1-12(14-3-6-18-17(10-14)22-8-9-25-18)23-19(24)7-4-13-2-5-15(21)11-16(13)20/h2-7,10-12,22H,8-9H2,1H3,(H,23,24)/b7-4+. The molecule has 0 bridgehead atoms. The van der Waals surface area contributed by atoms with Crippen LogP contribution in [-0.2, 0) is 4.79 Å². The van der Waals surface area contributed by atoms with E-state index in [9.17, 15) is 9.18 Å². The molecular weight excluding hydrogens is 343 g/mol. The second-order valence-corrected chi connectivity index (χ2v) is 6.17. The third kappa shape index (κ3) is 4.31. The monoisotopic (exact) mass is 360 g/mol. The molecule has 2 aromatic rings. The minimum Gasteiger partial charge on any atom is -0.490 e. The normalized spacial score (nSPS) is 14.4. The first-order valence-electron chi connectivity index (χ1n) is 7.97. The van der Waals surface area contributed by atoms with Crippen molar-refractivity contribution in [1.82, 2.24) is 5.32 Å². The van der Waals surface area contributed by atoms with Crippen LogP contribution in [0, 0.1) is 5.82 Å². The molecule has 25 heavy (non-hydrogen) atoms. The van der Waals surface area contributed by atoms with Gasteiger partial charge in [0.25, 0.3) is 0 Å². The summed E-state index contributed by atoms with van der Waals surface area (Å²) in [5.74, 6) is 0.152. The first-order chi connectivity index (χ1) is 12.0. The molecule has 0 spiro atoms. The zero-order chi connectivity index (χ0) is 17.8. The van der Waals surface area contributed by atoms with Gasteiger partial charge < -0.3 is 15.4 Å². The Morgan fingerprint density at radius 1 is 1.36 bits per heavy atom. The Kier molecular flexibility index (Phi) is 5.24. The molecule has 1 amide bonds. The van der Waals surface area contributed by atoms with E-state index in [4.69, 9.17) is 16.3 Å². The highest BCUT2D eigenvalue weighted by atomic mass is 35.5. The van der Waals surface area contributed by atoms with Crippen LogP contribution in [0.5, 0.6) is 5.75 Å². The van der Waals surface area contributed by atoms with Crippen LogP contribution >= 0.6 is 11.6 Å². The smallest absolute Gasteiger partial charge is 0.244 e. The van der Waals surface area contributed by atoms with Crippen LogP contribution in [0.2, 0.25) is 5.02 Å². The molecule has 0 saturated heterocycles. The predicted molar refractivity (Wildman–Crippen MR) is 97.4 cm³/mol. The number of ether oxygens (including phenoxy) is 1. The van der Waals surface area contributed by atoms with Crippen LogP contribution in [0.3, 0.4) is 0 Å². The van der Waals surface area contributed by atoms with Gasteiger partial charge in [-0.2, -0.15) is 0 Å². The lowest BCUT2D eigenvalue weighted by Crippen LogP contribution is -2.25. The zero-order valence-corrected chi connectivity index (χ0v) is 14.4. The summed E-state index contributed by atoms with van der Waals surface area (Å²) in [6.07, 6.45) is 2.95. The summed E-state index contributed by atoms with van der Waals surface area (Å²) in [4.78, 5) is 12.1. The fraction of sp³-hybridized carbons (Fsp3) is 0.211. The van der Waals surface area contributed by atoms with Crippen LogP contribution in [-0.4, -0.2) is 19.1 Å². The van der Waals surface area contributed by atoms with E-state index in [-0.39, 0.29) is 17.0 Å². The highest BCUT2D eigenvalue weighted by Gasteiger charge is 2.13. The number of nitrogens with one attached hydrogen (secondary N) is 2. The van der Waals surface area contributed by atoms with Crippen molar-refractivity contribution in [3.63, 3.8) is 0 Å². The van der Waals surface area contributed by atoms with Gasteiger partial charge in [-0.3, -0.25) is 4.79 Å². The molecule has 0 fully saturated rings. The lowest BCUT2D eigenvalue weighted by Gasteiger charge is -2.21. The van der Waals surface area contributed by atoms with E-state index in [1.54, 1.807) is 6.08 Å². The number of halogens is 2. The van der Waals surface area contributed by atoms with Crippen molar-refractivity contribution in [1.29, 1.82) is 0 Å². The van der Waals surface area contributed by atoms with Gasteiger partial charge in [-0.15, -0.1) is 0 Å². The minimum atomic E-state index is -0.412. The Labute approximate surface area is 150 Å². The Bertz CT molecular complexity index is 823. The third-order valence-corrected chi connectivity index (χ3v) is 4.24. The van der Waals surface area contributed by atoms with Gasteiger partial charge in [-0.05, 0) is 48.4 Å². The fourth-order valence-corrected chi connectivity index (χ4v) is 2.80. The van der Waals surface area contributed by atoms with E-state index in [0.717, 1.165) is 23.5 Å². The maximum absolute atomic E-state index is 13.0. The van der Waals surface area contributed by atoms with Crippen LogP contribution in [0.4, 0.5) is 10.1 Å². The first-order valence-corrected chi connectivity index (χ1v) is 8.35. The Balaban J connectivity index is 1.65. The number of fused-ring (bicyclic) bond motifs is 1. The SMILES string of the molecule is CC(NC(=O)/C=C/c1ccc(F)cc1Cl)c1ccc2c(c1)NCCO2. The number of carbonyl (C=O) groups is 1. The molecule has 4 nitrogen and oxygen atoms in total. The number of rotatable bonds is 4. The maximum atomic E-state index is 13.0. The Morgan fingerprint density at radius 2 is 2.20 bits per heavy atom. The molecule has 3 rings (SSSR count). The molecule has 1 aliphatic heterocycles. The van der Waals surface area contributed by atoms with Crippen LogP contribution in [0.25, 0.3) is 6.08 Å². The second kappa shape index (κ2) is 7.57. The summed E-state index contributed by atoms with van der Waals surface area (Å²) in [7, 11) is 0. The molecule has 130 valence electrons. The largest absolute Gasteiger partial charge is 0.490 e. The molecule has 0 aliphatic carbocycles. The number of amides is 1. The van der Waals surface area contributed by atoms with Gasteiger partial charge in [0.05, 0.1) is 16.8 Å². The second-order valence-electron chi connectivity index (χ2n) is 5.76. The van der Waals surface area contributed by atoms with Crippen LogP contribution < -0.4 is 15.4 Å². The van der Waals surface area contributed by atoms with E-state index in [1.807, 2.05) is 25.1 Å². The van der Waals surface area contributed by atoms with E-state index in [2.05, 4.69) is 10.6 Å². The predicted octanol–water partition coefficient (Wildman–Crippen LogP) is 4.17. The van der Waals surface area contributed by atoms with Crippen LogP contribution in [0.15, 0.2) is 42.5 Å². The third-order valence-electron chi connectivity index (χ3n) is 3.91. The van der Waals surface area contributed by atoms with Gasteiger partial charge in [0.1, 0.15) is 18.2 Å². The van der Waals surface area contributed by atoms with Gasteiger partial charge in [0, 0.05) is 12.6 Å². The van der Waals surface area contributed by atoms with Gasteiger partial charge in [-0.1, -0.05) is 23.7 Å². The van der Waals surface area contributed by atoms with Crippen LogP contribution in [0.1, 0.15) is 24.1 Å². The average molecular weight is 361 g/mol. The Hall–Kier alpha value is -2.53. The van der Waals surface area contributed by atoms with Gasteiger partial charge in [0.15, 0.2) is 0 Å². The first kappa shape index (κ1) is 17.3. The summed E-state index contributed by atoms with van der Waals surface area (Å²) in [6.45, 7) is 3.32. The van der Waals surface area contributed by atoms with E-state index >= 15 is 0 Å². The van der Waals surface area contributed by atoms with Crippen molar-refractivity contribution in [2.45, 2.75) is 13.0 Å². The molecule has 1 unspecified atom stereocenters. The van der Waals surface area contributed by atoms with Gasteiger partial charge in [-0.25, -0.2) is 4.39 Å². The molecule has 6 heteroatoms. The van der Waals surface area contributed by atoms with Crippen molar-refractivity contribution in [2.24, 2.45) is 0 Å². The molecular formula is C19H18ClFN2O2. The summed E-state index contributed by atoms with van der Waals surface area (Å²) < 4.78 is 18.6. The molecule has 0 saturated carbocycles. The summed E-state index contributed by atoms with van der Waals surface area (Å²) >= 11 is 5.94. The quantitative estimate of drug-likeness (QED) is 0.804. The number of carbonyl (C=O) groups excluding carboxylic acids is 1. The summed E-state index contributed by atoms with van der Waals surface area (Å²) in [5, 5.41) is 6.43. The molecule has 1 heterocycles. The van der Waals surface area contributed by atoms with Crippen molar-refractivity contribution >= 4 is 29.3 Å². The molecule has 2 aromatic carbocycles. The lowest BCUT2D eigenvalue weighted by molar-refractivity contribution is -0.117. The Morgan fingerprint density at radius 3 is 3.00 bits per heavy atom. The average Bonchev–Trinajstić information content (AvgIpc) is 2.60.